The van der Waals surface area contributed by atoms with E-state index in [1.165, 1.54) is 0 Å². The molecule has 1 amide bonds. The van der Waals surface area contributed by atoms with Gasteiger partial charge in [-0.1, -0.05) is 0 Å². The maximum absolute atomic E-state index is 12.3. The summed E-state index contributed by atoms with van der Waals surface area (Å²) in [5.41, 5.74) is 2.03. The normalized spacial score (nSPS) is 23.4. The summed E-state index contributed by atoms with van der Waals surface area (Å²) in [5.74, 6) is 0.0167. The molecule has 1 fully saturated rings. The number of amides is 1. The SMILES string of the molecule is CC1(C(=O)Nc2cccc3n[se]nc23)CCCN1. The molecule has 0 saturated carbocycles. The number of nitrogens with one attached hydrogen (secondary N) is 2. The Hall–Kier alpha value is -1.23. The topological polar surface area (TPSA) is 66.9 Å². The van der Waals surface area contributed by atoms with Crippen molar-refractivity contribution in [1.82, 2.24) is 13.3 Å². The van der Waals surface area contributed by atoms with Gasteiger partial charge in [0.1, 0.15) is 0 Å². The second-order valence-electron chi connectivity index (χ2n) is 4.75. The minimum atomic E-state index is -0.455. The van der Waals surface area contributed by atoms with Crippen LogP contribution >= 0.6 is 0 Å². The molecule has 94 valence electrons. The van der Waals surface area contributed by atoms with Crippen molar-refractivity contribution in [2.75, 3.05) is 11.9 Å². The molecule has 1 aromatic carbocycles. The van der Waals surface area contributed by atoms with Gasteiger partial charge in [-0.3, -0.25) is 0 Å². The zero-order chi connectivity index (χ0) is 12.6. The van der Waals surface area contributed by atoms with Gasteiger partial charge in [0.05, 0.1) is 0 Å². The van der Waals surface area contributed by atoms with Crippen molar-refractivity contribution in [3.8, 4) is 0 Å². The Morgan fingerprint density at radius 2 is 2.39 bits per heavy atom. The Morgan fingerprint density at radius 1 is 1.50 bits per heavy atom. The van der Waals surface area contributed by atoms with Crippen LogP contribution in [0.15, 0.2) is 18.2 Å². The van der Waals surface area contributed by atoms with Crippen molar-refractivity contribution in [2.24, 2.45) is 0 Å². The third-order valence-corrected chi connectivity index (χ3v) is 4.54. The molecule has 1 saturated heterocycles. The number of hydrogen-bond donors (Lipinski definition) is 2. The van der Waals surface area contributed by atoms with E-state index in [9.17, 15) is 4.79 Å². The van der Waals surface area contributed by atoms with Crippen LogP contribution < -0.4 is 10.6 Å². The number of carbonyl (C=O) groups is 1. The number of carbonyl (C=O) groups excluding carboxylic acids is 1. The molecule has 3 rings (SSSR count). The van der Waals surface area contributed by atoms with Crippen LogP contribution in [0.25, 0.3) is 11.0 Å². The molecule has 1 aromatic heterocycles. The fourth-order valence-corrected chi connectivity index (χ4v) is 3.41. The number of rotatable bonds is 2. The summed E-state index contributed by atoms with van der Waals surface area (Å²) in [6.45, 7) is 2.85. The van der Waals surface area contributed by atoms with Crippen LogP contribution in [0, 0.1) is 0 Å². The number of benzene rings is 1. The van der Waals surface area contributed by atoms with E-state index >= 15 is 0 Å². The number of nitrogens with zero attached hydrogens (tertiary/aromatic N) is 2. The van der Waals surface area contributed by atoms with Gasteiger partial charge in [0.25, 0.3) is 0 Å². The Labute approximate surface area is 111 Å². The Balaban J connectivity index is 1.88. The van der Waals surface area contributed by atoms with Crippen LogP contribution in [-0.4, -0.2) is 40.9 Å². The van der Waals surface area contributed by atoms with Gasteiger partial charge in [0, 0.05) is 0 Å². The van der Waals surface area contributed by atoms with Crippen molar-refractivity contribution in [3.05, 3.63) is 18.2 Å². The van der Waals surface area contributed by atoms with E-state index < -0.39 is 5.54 Å². The van der Waals surface area contributed by atoms with E-state index in [0.717, 1.165) is 36.1 Å². The van der Waals surface area contributed by atoms with Crippen molar-refractivity contribution in [2.45, 2.75) is 25.3 Å². The molecule has 1 atom stereocenters. The average molecular weight is 309 g/mol. The maximum atomic E-state index is 12.3. The third kappa shape index (κ3) is 1.96. The standard InChI is InChI=1S/C12H14N4OSe/c1-12(6-3-7-13-12)11(17)14-8-4-2-5-9-10(8)16-18-15-9/h2,4-5,13H,3,6-7H2,1H3,(H,14,17). The van der Waals surface area contributed by atoms with Crippen molar-refractivity contribution >= 4 is 37.6 Å². The molecule has 1 aliphatic rings. The summed E-state index contributed by atoms with van der Waals surface area (Å²) in [5, 5.41) is 6.24. The zero-order valence-electron chi connectivity index (χ0n) is 10.1. The van der Waals surface area contributed by atoms with Crippen LogP contribution in [-0.2, 0) is 4.79 Å². The monoisotopic (exact) mass is 310 g/mol. The average Bonchev–Trinajstić information content (AvgIpc) is 2.98. The first-order chi connectivity index (χ1) is 8.69. The molecule has 0 aliphatic carbocycles. The molecule has 0 spiro atoms. The molecule has 5 nitrogen and oxygen atoms in total. The van der Waals surface area contributed by atoms with Gasteiger partial charge in [-0.2, -0.15) is 0 Å². The molecule has 1 unspecified atom stereocenters. The Kier molecular flexibility index (Phi) is 2.93. The molecule has 1 aliphatic heterocycles. The first-order valence-electron chi connectivity index (χ1n) is 5.97. The Bertz CT molecular complexity index is 589. The minimum absolute atomic E-state index is 0.0167. The van der Waals surface area contributed by atoms with Gasteiger partial charge >= 0.3 is 111 Å². The zero-order valence-corrected chi connectivity index (χ0v) is 11.8. The first-order valence-corrected chi connectivity index (χ1v) is 7.50. The molecule has 2 aromatic rings. The number of aromatic nitrogens is 2. The van der Waals surface area contributed by atoms with E-state index in [1.807, 2.05) is 25.1 Å². The van der Waals surface area contributed by atoms with Gasteiger partial charge in [-0.25, -0.2) is 0 Å². The predicted octanol–water partition coefficient (Wildman–Crippen LogP) is 0.767. The van der Waals surface area contributed by atoms with E-state index in [4.69, 9.17) is 0 Å². The summed E-state index contributed by atoms with van der Waals surface area (Å²) in [7, 11) is 0. The molecule has 6 heteroatoms. The van der Waals surface area contributed by atoms with Crippen LogP contribution in [0.3, 0.4) is 0 Å². The van der Waals surface area contributed by atoms with Gasteiger partial charge in [0.15, 0.2) is 0 Å². The van der Waals surface area contributed by atoms with Gasteiger partial charge in [0.2, 0.25) is 0 Å². The molecule has 2 N–H and O–H groups in total. The van der Waals surface area contributed by atoms with E-state index in [-0.39, 0.29) is 20.9 Å². The van der Waals surface area contributed by atoms with Crippen molar-refractivity contribution < 1.29 is 4.79 Å². The molecule has 18 heavy (non-hydrogen) atoms. The van der Waals surface area contributed by atoms with E-state index in [0.29, 0.717) is 0 Å². The summed E-state index contributed by atoms with van der Waals surface area (Å²) in [6, 6.07) is 5.72. The summed E-state index contributed by atoms with van der Waals surface area (Å²) in [6.07, 6.45) is 1.92. The van der Waals surface area contributed by atoms with Crippen LogP contribution in [0.1, 0.15) is 19.8 Å². The van der Waals surface area contributed by atoms with Crippen molar-refractivity contribution in [1.29, 1.82) is 0 Å². The van der Waals surface area contributed by atoms with Gasteiger partial charge in [-0.15, -0.1) is 0 Å². The third-order valence-electron chi connectivity index (χ3n) is 3.40. The second kappa shape index (κ2) is 4.46. The number of fused-ring (bicyclic) bond motifs is 1. The molecule has 0 bridgehead atoms. The summed E-state index contributed by atoms with van der Waals surface area (Å²) in [4.78, 5) is 12.3. The van der Waals surface area contributed by atoms with E-state index in [2.05, 4.69) is 18.6 Å². The number of anilines is 1. The number of hydrogen-bond acceptors (Lipinski definition) is 4. The fraction of sp³-hybridized carbons (Fsp3) is 0.417. The molecule has 0 radical (unpaired) electrons. The van der Waals surface area contributed by atoms with Gasteiger partial charge in [-0.05, 0) is 0 Å². The van der Waals surface area contributed by atoms with Crippen LogP contribution in [0.2, 0.25) is 0 Å². The second-order valence-corrected chi connectivity index (χ2v) is 5.86. The van der Waals surface area contributed by atoms with Crippen LogP contribution in [0.4, 0.5) is 5.69 Å². The van der Waals surface area contributed by atoms with Crippen LogP contribution in [0.5, 0.6) is 0 Å². The fourth-order valence-electron chi connectivity index (χ4n) is 2.26. The molecule has 2 heterocycles. The summed E-state index contributed by atoms with van der Waals surface area (Å²) >= 11 is -0.0708. The predicted molar refractivity (Wildman–Crippen MR) is 70.7 cm³/mol. The van der Waals surface area contributed by atoms with Gasteiger partial charge < -0.3 is 0 Å². The van der Waals surface area contributed by atoms with E-state index in [1.54, 1.807) is 0 Å². The molecular weight excluding hydrogens is 295 g/mol. The summed E-state index contributed by atoms with van der Waals surface area (Å²) < 4.78 is 8.67. The molecular formula is C12H14N4OSe. The van der Waals surface area contributed by atoms with Crippen molar-refractivity contribution in [3.63, 3.8) is 0 Å². The quantitative estimate of drug-likeness (QED) is 0.804. The first kappa shape index (κ1) is 11.8. The Morgan fingerprint density at radius 3 is 3.17 bits per heavy atom.